The van der Waals surface area contributed by atoms with Crippen LogP contribution in [0.15, 0.2) is 58.5 Å². The number of hydrogen-bond acceptors (Lipinski definition) is 4. The number of nitrogens with one attached hydrogen (secondary N) is 1. The second kappa shape index (κ2) is 5.31. The van der Waals surface area contributed by atoms with Gasteiger partial charge in [-0.05, 0) is 42.7 Å². The average Bonchev–Trinajstić information content (AvgIpc) is 2.88. The van der Waals surface area contributed by atoms with Gasteiger partial charge in [-0.2, -0.15) is 5.10 Å². The summed E-state index contributed by atoms with van der Waals surface area (Å²) >= 11 is 0. The summed E-state index contributed by atoms with van der Waals surface area (Å²) in [6.45, 7) is 0. The number of nitrogens with two attached hydrogens (primary N) is 1. The van der Waals surface area contributed by atoms with Crippen molar-refractivity contribution < 1.29 is 8.42 Å². The van der Waals surface area contributed by atoms with E-state index >= 15 is 0 Å². The first kappa shape index (κ1) is 13.8. The lowest BCUT2D eigenvalue weighted by Crippen LogP contribution is -2.11. The van der Waals surface area contributed by atoms with E-state index in [1.165, 1.54) is 23.3 Å². The van der Waals surface area contributed by atoms with Gasteiger partial charge in [0.2, 0.25) is 10.0 Å². The van der Waals surface area contributed by atoms with Crippen molar-refractivity contribution in [3.05, 3.63) is 59.7 Å². The van der Waals surface area contributed by atoms with E-state index in [0.29, 0.717) is 0 Å². The maximum absolute atomic E-state index is 11.2. The quantitative estimate of drug-likeness (QED) is 0.851. The van der Waals surface area contributed by atoms with E-state index in [0.717, 1.165) is 24.2 Å². The van der Waals surface area contributed by atoms with Gasteiger partial charge in [0.05, 0.1) is 16.3 Å². The minimum absolute atomic E-state index is 0.0897. The van der Waals surface area contributed by atoms with Crippen LogP contribution in [0.25, 0.3) is 0 Å². The first-order valence-corrected chi connectivity index (χ1v) is 8.12. The number of fused-ring (bicyclic) bond motifs is 1. The van der Waals surface area contributed by atoms with Crippen molar-refractivity contribution >= 4 is 21.4 Å². The van der Waals surface area contributed by atoms with Gasteiger partial charge in [-0.3, -0.25) is 5.43 Å². The molecule has 0 amide bonds. The van der Waals surface area contributed by atoms with E-state index in [-0.39, 0.29) is 4.90 Å². The van der Waals surface area contributed by atoms with Crippen molar-refractivity contribution in [2.45, 2.75) is 17.7 Å². The standard InChI is InChI=1S/C15H15N3O2S/c16-21(19,20)13-8-6-12(7-9-13)17-18-15-10-5-11-3-1-2-4-14(11)15/h1-4,6-9,17H,5,10H2,(H2,16,19,20)/b18-15+. The fraction of sp³-hybridized carbons (Fsp3) is 0.133. The van der Waals surface area contributed by atoms with E-state index in [1.54, 1.807) is 12.1 Å². The number of aryl methyl sites for hydroxylation is 1. The molecule has 21 heavy (non-hydrogen) atoms. The van der Waals surface area contributed by atoms with Crippen LogP contribution >= 0.6 is 0 Å². The molecule has 0 spiro atoms. The van der Waals surface area contributed by atoms with Crippen LogP contribution in [-0.2, 0) is 16.4 Å². The van der Waals surface area contributed by atoms with Gasteiger partial charge < -0.3 is 0 Å². The van der Waals surface area contributed by atoms with Crippen molar-refractivity contribution in [3.63, 3.8) is 0 Å². The highest BCUT2D eigenvalue weighted by molar-refractivity contribution is 7.89. The lowest BCUT2D eigenvalue weighted by atomic mass is 10.1. The SMILES string of the molecule is NS(=O)(=O)c1ccc(N/N=C2\CCc3ccccc32)cc1. The molecule has 0 saturated carbocycles. The Morgan fingerprint density at radius 2 is 1.71 bits per heavy atom. The summed E-state index contributed by atoms with van der Waals surface area (Å²) in [5.74, 6) is 0. The maximum Gasteiger partial charge on any atom is 0.238 e. The van der Waals surface area contributed by atoms with Crippen molar-refractivity contribution in [2.75, 3.05) is 5.43 Å². The smallest absolute Gasteiger partial charge is 0.238 e. The summed E-state index contributed by atoms with van der Waals surface area (Å²) in [5, 5.41) is 9.47. The Kier molecular flexibility index (Phi) is 3.48. The summed E-state index contributed by atoms with van der Waals surface area (Å²) < 4.78 is 22.4. The minimum Gasteiger partial charge on any atom is -0.278 e. The first-order valence-electron chi connectivity index (χ1n) is 6.58. The van der Waals surface area contributed by atoms with Crippen molar-refractivity contribution in [1.82, 2.24) is 0 Å². The second-order valence-electron chi connectivity index (χ2n) is 4.90. The van der Waals surface area contributed by atoms with Crippen LogP contribution < -0.4 is 10.6 Å². The van der Waals surface area contributed by atoms with Crippen LogP contribution in [0.2, 0.25) is 0 Å². The fourth-order valence-corrected chi connectivity index (χ4v) is 2.89. The molecule has 0 unspecified atom stereocenters. The first-order chi connectivity index (χ1) is 10.0. The molecule has 0 aliphatic heterocycles. The highest BCUT2D eigenvalue weighted by Crippen LogP contribution is 2.22. The minimum atomic E-state index is -3.65. The number of rotatable bonds is 3. The number of sulfonamides is 1. The van der Waals surface area contributed by atoms with Crippen LogP contribution in [0.4, 0.5) is 5.69 Å². The van der Waals surface area contributed by atoms with Crippen LogP contribution in [0, 0.1) is 0 Å². The number of benzene rings is 2. The molecule has 3 rings (SSSR count). The van der Waals surface area contributed by atoms with E-state index in [1.807, 2.05) is 12.1 Å². The highest BCUT2D eigenvalue weighted by atomic mass is 32.2. The number of nitrogens with zero attached hydrogens (tertiary/aromatic N) is 1. The molecule has 108 valence electrons. The molecule has 2 aromatic rings. The summed E-state index contributed by atoms with van der Waals surface area (Å²) in [5.41, 5.74) is 7.18. The number of hydrogen-bond donors (Lipinski definition) is 2. The Morgan fingerprint density at radius 1 is 1.00 bits per heavy atom. The van der Waals surface area contributed by atoms with Crippen LogP contribution in [0.1, 0.15) is 17.5 Å². The van der Waals surface area contributed by atoms with E-state index in [4.69, 9.17) is 5.14 Å². The third kappa shape index (κ3) is 2.96. The molecule has 0 heterocycles. The molecule has 0 saturated heterocycles. The predicted octanol–water partition coefficient (Wildman–Crippen LogP) is 2.10. The molecule has 3 N–H and O–H groups in total. The molecule has 0 atom stereocenters. The Bertz CT molecular complexity index is 796. The van der Waals surface area contributed by atoms with Gasteiger partial charge in [-0.25, -0.2) is 13.6 Å². The number of hydrazone groups is 1. The van der Waals surface area contributed by atoms with Gasteiger partial charge >= 0.3 is 0 Å². The zero-order chi connectivity index (χ0) is 14.9. The maximum atomic E-state index is 11.2. The van der Waals surface area contributed by atoms with Crippen molar-refractivity contribution in [1.29, 1.82) is 0 Å². The molecule has 0 radical (unpaired) electrons. The topological polar surface area (TPSA) is 84.5 Å². The van der Waals surface area contributed by atoms with Crippen LogP contribution in [-0.4, -0.2) is 14.1 Å². The van der Waals surface area contributed by atoms with E-state index in [9.17, 15) is 8.42 Å². The summed E-state index contributed by atoms with van der Waals surface area (Å²) in [6, 6.07) is 14.4. The van der Waals surface area contributed by atoms with Gasteiger partial charge in [-0.15, -0.1) is 0 Å². The molecule has 1 aliphatic rings. The van der Waals surface area contributed by atoms with Gasteiger partial charge in [0.15, 0.2) is 0 Å². The average molecular weight is 301 g/mol. The summed E-state index contributed by atoms with van der Waals surface area (Å²) in [4.78, 5) is 0.0897. The normalized spacial score (nSPS) is 16.0. The van der Waals surface area contributed by atoms with Gasteiger partial charge in [0.1, 0.15) is 0 Å². The number of primary sulfonamides is 1. The van der Waals surface area contributed by atoms with Crippen LogP contribution in [0.3, 0.4) is 0 Å². The van der Waals surface area contributed by atoms with Gasteiger partial charge in [-0.1, -0.05) is 24.3 Å². The third-order valence-electron chi connectivity index (χ3n) is 3.46. The summed E-state index contributed by atoms with van der Waals surface area (Å²) in [7, 11) is -3.65. The van der Waals surface area contributed by atoms with Crippen LogP contribution in [0.5, 0.6) is 0 Å². The molecular formula is C15H15N3O2S. The molecule has 0 aromatic heterocycles. The number of anilines is 1. The Morgan fingerprint density at radius 3 is 2.43 bits per heavy atom. The monoisotopic (exact) mass is 301 g/mol. The molecule has 0 bridgehead atoms. The lowest BCUT2D eigenvalue weighted by molar-refractivity contribution is 0.598. The lowest BCUT2D eigenvalue weighted by Gasteiger charge is -2.04. The largest absolute Gasteiger partial charge is 0.278 e. The Balaban J connectivity index is 1.78. The van der Waals surface area contributed by atoms with E-state index < -0.39 is 10.0 Å². The molecule has 0 fully saturated rings. The molecular weight excluding hydrogens is 286 g/mol. The zero-order valence-corrected chi connectivity index (χ0v) is 12.1. The van der Waals surface area contributed by atoms with Crippen molar-refractivity contribution in [2.24, 2.45) is 10.2 Å². The summed E-state index contributed by atoms with van der Waals surface area (Å²) in [6.07, 6.45) is 1.91. The second-order valence-corrected chi connectivity index (χ2v) is 6.46. The van der Waals surface area contributed by atoms with Gasteiger partial charge in [0, 0.05) is 5.56 Å². The third-order valence-corrected chi connectivity index (χ3v) is 4.39. The predicted molar refractivity (Wildman–Crippen MR) is 82.7 cm³/mol. The van der Waals surface area contributed by atoms with Crippen molar-refractivity contribution in [3.8, 4) is 0 Å². The fourth-order valence-electron chi connectivity index (χ4n) is 2.37. The molecule has 5 nitrogen and oxygen atoms in total. The van der Waals surface area contributed by atoms with Gasteiger partial charge in [0.25, 0.3) is 0 Å². The molecule has 6 heteroatoms. The highest BCUT2D eigenvalue weighted by Gasteiger charge is 2.16. The zero-order valence-electron chi connectivity index (χ0n) is 11.3. The Labute approximate surface area is 123 Å². The Hall–Kier alpha value is -2.18. The molecule has 2 aromatic carbocycles. The molecule has 1 aliphatic carbocycles. The van der Waals surface area contributed by atoms with E-state index in [2.05, 4.69) is 22.7 Å².